The van der Waals surface area contributed by atoms with Gasteiger partial charge in [-0.05, 0) is 51.7 Å². The van der Waals surface area contributed by atoms with Crippen molar-refractivity contribution in [3.63, 3.8) is 0 Å². The highest BCUT2D eigenvalue weighted by Crippen LogP contribution is 2.31. The number of hydrazine groups is 1. The maximum Gasteiger partial charge on any atom is 0.142 e. The maximum absolute atomic E-state index is 13.5. The Hall–Kier alpha value is -0.650. The number of halogens is 4. The topological polar surface area (TPSA) is 38.0 Å². The fourth-order valence-corrected chi connectivity index (χ4v) is 2.71. The van der Waals surface area contributed by atoms with Gasteiger partial charge in [0.05, 0.1) is 16.1 Å². The van der Waals surface area contributed by atoms with E-state index in [4.69, 9.17) is 29.0 Å². The lowest BCUT2D eigenvalue weighted by Gasteiger charge is -2.18. The Morgan fingerprint density at radius 2 is 2.00 bits per heavy atom. The molecule has 106 valence electrons. The maximum atomic E-state index is 13.5. The normalized spacial score (nSPS) is 12.4. The van der Waals surface area contributed by atoms with Gasteiger partial charge in [-0.15, -0.1) is 0 Å². The second kappa shape index (κ2) is 6.87. The summed E-state index contributed by atoms with van der Waals surface area (Å²) in [5.74, 6) is 5.15. The molecule has 0 radical (unpaired) electrons. The van der Waals surface area contributed by atoms with Crippen molar-refractivity contribution in [1.82, 2.24) is 5.43 Å². The molecular weight excluding hydrogens is 366 g/mol. The Labute approximate surface area is 135 Å². The van der Waals surface area contributed by atoms with Gasteiger partial charge < -0.3 is 0 Å². The third-order valence-electron chi connectivity index (χ3n) is 2.98. The van der Waals surface area contributed by atoms with E-state index < -0.39 is 5.82 Å². The number of nitrogens with two attached hydrogens (primary N) is 1. The number of benzene rings is 2. The molecule has 1 atom stereocenters. The van der Waals surface area contributed by atoms with Gasteiger partial charge in [-0.3, -0.25) is 11.3 Å². The van der Waals surface area contributed by atoms with Crippen LogP contribution >= 0.6 is 39.1 Å². The molecule has 0 saturated heterocycles. The molecular formula is C14H12BrCl2FN2. The molecule has 2 rings (SSSR count). The summed E-state index contributed by atoms with van der Waals surface area (Å²) in [6.45, 7) is 0. The number of rotatable bonds is 4. The first-order chi connectivity index (χ1) is 9.52. The molecule has 20 heavy (non-hydrogen) atoms. The van der Waals surface area contributed by atoms with E-state index in [0.29, 0.717) is 11.4 Å². The van der Waals surface area contributed by atoms with Crippen LogP contribution < -0.4 is 11.3 Å². The molecule has 0 aliphatic heterocycles. The second-order valence-electron chi connectivity index (χ2n) is 4.31. The van der Waals surface area contributed by atoms with Crippen molar-refractivity contribution < 1.29 is 4.39 Å². The molecule has 0 amide bonds. The van der Waals surface area contributed by atoms with Crippen molar-refractivity contribution >= 4 is 39.1 Å². The third-order valence-corrected chi connectivity index (χ3v) is 4.60. The summed E-state index contributed by atoms with van der Waals surface area (Å²) in [5, 5.41) is 0.691. The highest BCUT2D eigenvalue weighted by atomic mass is 79.9. The van der Waals surface area contributed by atoms with E-state index in [1.54, 1.807) is 6.07 Å². The Balaban J connectivity index is 2.28. The molecule has 0 bridgehead atoms. The second-order valence-corrected chi connectivity index (χ2v) is 5.95. The Kier molecular flexibility index (Phi) is 5.41. The molecule has 3 N–H and O–H groups in total. The fourth-order valence-electron chi connectivity index (χ4n) is 1.95. The van der Waals surface area contributed by atoms with Gasteiger partial charge in [0.25, 0.3) is 0 Å². The Morgan fingerprint density at radius 1 is 1.25 bits per heavy atom. The van der Waals surface area contributed by atoms with E-state index in [2.05, 4.69) is 21.4 Å². The number of hydrogen-bond acceptors (Lipinski definition) is 2. The monoisotopic (exact) mass is 376 g/mol. The van der Waals surface area contributed by atoms with Crippen molar-refractivity contribution in [2.75, 3.05) is 0 Å². The summed E-state index contributed by atoms with van der Waals surface area (Å²) in [4.78, 5) is 0. The van der Waals surface area contributed by atoms with Crippen molar-refractivity contribution in [3.05, 3.63) is 67.9 Å². The van der Waals surface area contributed by atoms with E-state index in [-0.39, 0.29) is 11.1 Å². The minimum absolute atomic E-state index is 0.103. The third kappa shape index (κ3) is 3.51. The largest absolute Gasteiger partial charge is 0.271 e. The van der Waals surface area contributed by atoms with Gasteiger partial charge in [0.2, 0.25) is 0 Å². The van der Waals surface area contributed by atoms with Crippen molar-refractivity contribution in [2.45, 2.75) is 12.5 Å². The summed E-state index contributed by atoms with van der Waals surface area (Å²) >= 11 is 15.3. The van der Waals surface area contributed by atoms with Crippen LogP contribution in [0.2, 0.25) is 10.0 Å². The van der Waals surface area contributed by atoms with Gasteiger partial charge in [-0.25, -0.2) is 4.39 Å². The summed E-state index contributed by atoms with van der Waals surface area (Å²) < 4.78 is 14.3. The van der Waals surface area contributed by atoms with Gasteiger partial charge in [-0.2, -0.15) is 0 Å². The molecule has 2 aromatic rings. The molecule has 0 heterocycles. The number of nitrogens with one attached hydrogen (secondary N) is 1. The minimum atomic E-state index is -0.444. The first-order valence-electron chi connectivity index (χ1n) is 5.87. The molecule has 0 saturated carbocycles. The zero-order chi connectivity index (χ0) is 14.7. The van der Waals surface area contributed by atoms with Crippen molar-refractivity contribution in [2.24, 2.45) is 5.84 Å². The van der Waals surface area contributed by atoms with Crippen LogP contribution in [0, 0.1) is 5.82 Å². The van der Waals surface area contributed by atoms with Crippen LogP contribution in [-0.4, -0.2) is 0 Å². The van der Waals surface area contributed by atoms with Gasteiger partial charge >= 0.3 is 0 Å². The number of hydrogen-bond donors (Lipinski definition) is 2. The van der Waals surface area contributed by atoms with Crippen LogP contribution in [0.1, 0.15) is 17.2 Å². The van der Waals surface area contributed by atoms with Crippen LogP contribution in [0.4, 0.5) is 4.39 Å². The van der Waals surface area contributed by atoms with Crippen molar-refractivity contribution in [3.8, 4) is 0 Å². The van der Waals surface area contributed by atoms with E-state index in [0.717, 1.165) is 15.6 Å². The average Bonchev–Trinajstić information content (AvgIpc) is 2.43. The van der Waals surface area contributed by atoms with Crippen LogP contribution in [0.5, 0.6) is 0 Å². The van der Waals surface area contributed by atoms with Gasteiger partial charge in [0, 0.05) is 4.47 Å². The lowest BCUT2D eigenvalue weighted by atomic mass is 9.99. The van der Waals surface area contributed by atoms with Crippen molar-refractivity contribution in [1.29, 1.82) is 0 Å². The Bertz CT molecular complexity index is 622. The first kappa shape index (κ1) is 15.7. The summed E-state index contributed by atoms with van der Waals surface area (Å²) in [5.41, 5.74) is 4.34. The molecule has 2 aromatic carbocycles. The molecule has 0 aliphatic rings. The fraction of sp³-hybridized carbons (Fsp3) is 0.143. The predicted molar refractivity (Wildman–Crippen MR) is 84.3 cm³/mol. The molecule has 0 fully saturated rings. The van der Waals surface area contributed by atoms with Gasteiger partial charge in [0.15, 0.2) is 0 Å². The lowest BCUT2D eigenvalue weighted by molar-refractivity contribution is 0.548. The average molecular weight is 378 g/mol. The van der Waals surface area contributed by atoms with Crippen LogP contribution in [-0.2, 0) is 6.42 Å². The van der Waals surface area contributed by atoms with Crippen LogP contribution in [0.15, 0.2) is 40.9 Å². The standard InChI is InChI=1S/C14H12BrCl2FN2/c15-10-3-1-2-9(14(10)17)13(20-19)7-8-4-5-11(16)12(18)6-8/h1-6,13,20H,7,19H2. The lowest BCUT2D eigenvalue weighted by Crippen LogP contribution is -2.29. The summed E-state index contributed by atoms with van der Waals surface area (Å²) in [7, 11) is 0. The van der Waals surface area contributed by atoms with Gasteiger partial charge in [-0.1, -0.05) is 41.4 Å². The Morgan fingerprint density at radius 3 is 2.65 bits per heavy atom. The predicted octanol–water partition coefficient (Wildman–Crippen LogP) is 4.64. The smallest absolute Gasteiger partial charge is 0.142 e. The SMILES string of the molecule is NNC(Cc1ccc(Cl)c(F)c1)c1cccc(Br)c1Cl. The molecule has 2 nitrogen and oxygen atoms in total. The van der Waals surface area contributed by atoms with Crippen LogP contribution in [0.3, 0.4) is 0 Å². The summed E-state index contributed by atoms with van der Waals surface area (Å²) in [6, 6.07) is 10.1. The van der Waals surface area contributed by atoms with Gasteiger partial charge in [0.1, 0.15) is 5.82 Å². The first-order valence-corrected chi connectivity index (χ1v) is 7.41. The molecule has 0 aliphatic carbocycles. The molecule has 6 heteroatoms. The zero-order valence-electron chi connectivity index (χ0n) is 10.3. The molecule has 0 aromatic heterocycles. The summed E-state index contributed by atoms with van der Waals surface area (Å²) in [6.07, 6.45) is 0.501. The van der Waals surface area contributed by atoms with E-state index in [1.807, 2.05) is 18.2 Å². The zero-order valence-corrected chi connectivity index (χ0v) is 13.4. The van der Waals surface area contributed by atoms with E-state index >= 15 is 0 Å². The molecule has 0 spiro atoms. The highest BCUT2D eigenvalue weighted by molar-refractivity contribution is 9.10. The van der Waals surface area contributed by atoms with E-state index in [9.17, 15) is 4.39 Å². The van der Waals surface area contributed by atoms with E-state index in [1.165, 1.54) is 12.1 Å². The minimum Gasteiger partial charge on any atom is -0.271 e. The quantitative estimate of drug-likeness (QED) is 0.601. The molecule has 1 unspecified atom stereocenters. The van der Waals surface area contributed by atoms with Crippen LogP contribution in [0.25, 0.3) is 0 Å². The highest BCUT2D eigenvalue weighted by Gasteiger charge is 2.16.